The molecule has 3 rings (SSSR count). The van der Waals surface area contributed by atoms with Crippen molar-refractivity contribution in [3.05, 3.63) is 60.0 Å². The quantitative estimate of drug-likeness (QED) is 0.929. The molecule has 1 aliphatic heterocycles. The standard InChI is InChI=1S/C16H17FN2O/c17-14-6-7-15(19-11-14)20-16(13-8-9-18-10-13)12-4-2-1-3-5-12/h1-7,11,13,16,18H,8-10H2/t13-,16?/m0/s1. The number of hydrogen-bond donors (Lipinski definition) is 1. The van der Waals surface area contributed by atoms with Gasteiger partial charge in [-0.2, -0.15) is 0 Å². The van der Waals surface area contributed by atoms with Gasteiger partial charge in [0.25, 0.3) is 0 Å². The zero-order valence-corrected chi connectivity index (χ0v) is 11.1. The van der Waals surface area contributed by atoms with E-state index in [0.717, 1.165) is 25.1 Å². The molecule has 2 heterocycles. The zero-order chi connectivity index (χ0) is 13.8. The molecule has 2 atom stereocenters. The third kappa shape index (κ3) is 2.96. The zero-order valence-electron chi connectivity index (χ0n) is 11.1. The van der Waals surface area contributed by atoms with Crippen LogP contribution in [0.1, 0.15) is 18.1 Å². The molecule has 0 aliphatic carbocycles. The molecule has 0 saturated carbocycles. The summed E-state index contributed by atoms with van der Waals surface area (Å²) in [6.07, 6.45) is 2.20. The van der Waals surface area contributed by atoms with Crippen LogP contribution in [0.2, 0.25) is 0 Å². The van der Waals surface area contributed by atoms with Gasteiger partial charge in [-0.25, -0.2) is 9.37 Å². The Hall–Kier alpha value is -1.94. The average Bonchev–Trinajstić information content (AvgIpc) is 3.01. The number of halogens is 1. The summed E-state index contributed by atoms with van der Waals surface area (Å²) in [7, 11) is 0. The summed E-state index contributed by atoms with van der Waals surface area (Å²) in [5, 5.41) is 3.36. The van der Waals surface area contributed by atoms with E-state index >= 15 is 0 Å². The van der Waals surface area contributed by atoms with Crippen molar-refractivity contribution in [3.8, 4) is 5.88 Å². The molecule has 1 saturated heterocycles. The van der Waals surface area contributed by atoms with Crippen LogP contribution in [0.4, 0.5) is 4.39 Å². The molecule has 3 nitrogen and oxygen atoms in total. The van der Waals surface area contributed by atoms with Crippen LogP contribution in [-0.4, -0.2) is 18.1 Å². The number of pyridine rings is 1. The van der Waals surface area contributed by atoms with Gasteiger partial charge in [-0.3, -0.25) is 0 Å². The van der Waals surface area contributed by atoms with Gasteiger partial charge in [0, 0.05) is 18.5 Å². The van der Waals surface area contributed by atoms with Gasteiger partial charge in [0.05, 0.1) is 6.20 Å². The highest BCUT2D eigenvalue weighted by Gasteiger charge is 2.28. The molecule has 0 amide bonds. The van der Waals surface area contributed by atoms with Crippen molar-refractivity contribution in [2.45, 2.75) is 12.5 Å². The largest absolute Gasteiger partial charge is 0.469 e. The average molecular weight is 272 g/mol. The van der Waals surface area contributed by atoms with Crippen molar-refractivity contribution in [1.82, 2.24) is 10.3 Å². The lowest BCUT2D eigenvalue weighted by Gasteiger charge is -2.24. The first-order chi connectivity index (χ1) is 9.83. The highest BCUT2D eigenvalue weighted by molar-refractivity contribution is 5.21. The van der Waals surface area contributed by atoms with Gasteiger partial charge in [-0.05, 0) is 24.6 Å². The van der Waals surface area contributed by atoms with Gasteiger partial charge in [0.2, 0.25) is 5.88 Å². The summed E-state index contributed by atoms with van der Waals surface area (Å²) in [5.74, 6) is 0.521. The van der Waals surface area contributed by atoms with E-state index in [0.29, 0.717) is 11.8 Å². The number of aromatic nitrogens is 1. The SMILES string of the molecule is Fc1ccc(OC(c2ccccc2)[C@H]2CCNC2)nc1. The molecular formula is C16H17FN2O. The Kier molecular flexibility index (Phi) is 3.92. The normalized spacial score (nSPS) is 19.8. The van der Waals surface area contributed by atoms with E-state index in [2.05, 4.69) is 22.4 Å². The lowest BCUT2D eigenvalue weighted by atomic mass is 9.95. The first-order valence-corrected chi connectivity index (χ1v) is 6.87. The first-order valence-electron chi connectivity index (χ1n) is 6.87. The molecule has 0 radical (unpaired) electrons. The molecule has 1 aliphatic rings. The van der Waals surface area contributed by atoms with Gasteiger partial charge in [-0.1, -0.05) is 30.3 Å². The Morgan fingerprint density at radius 2 is 2.05 bits per heavy atom. The van der Waals surface area contributed by atoms with E-state index < -0.39 is 0 Å². The minimum Gasteiger partial charge on any atom is -0.469 e. The first kappa shape index (κ1) is 13.1. The second kappa shape index (κ2) is 6.01. The van der Waals surface area contributed by atoms with Crippen LogP contribution >= 0.6 is 0 Å². The third-order valence-corrected chi connectivity index (χ3v) is 3.60. The van der Waals surface area contributed by atoms with Crippen LogP contribution in [0.15, 0.2) is 48.7 Å². The maximum Gasteiger partial charge on any atom is 0.213 e. The topological polar surface area (TPSA) is 34.1 Å². The molecule has 104 valence electrons. The van der Waals surface area contributed by atoms with E-state index in [1.165, 1.54) is 12.3 Å². The molecule has 1 aromatic heterocycles. The fourth-order valence-corrected chi connectivity index (χ4v) is 2.58. The molecule has 1 aromatic carbocycles. The summed E-state index contributed by atoms with van der Waals surface area (Å²) in [6.45, 7) is 1.94. The van der Waals surface area contributed by atoms with Crippen LogP contribution in [0, 0.1) is 11.7 Å². The highest BCUT2D eigenvalue weighted by atomic mass is 19.1. The Bertz CT molecular complexity index is 538. The van der Waals surface area contributed by atoms with Crippen LogP contribution in [0.3, 0.4) is 0 Å². The predicted octanol–water partition coefficient (Wildman–Crippen LogP) is 2.95. The lowest BCUT2D eigenvalue weighted by Crippen LogP contribution is -2.21. The Labute approximate surface area is 117 Å². The fraction of sp³-hybridized carbons (Fsp3) is 0.312. The molecule has 4 heteroatoms. The maximum atomic E-state index is 12.9. The summed E-state index contributed by atoms with van der Waals surface area (Å²) in [5.41, 5.74) is 1.13. The molecule has 1 N–H and O–H groups in total. The number of hydrogen-bond acceptors (Lipinski definition) is 3. The van der Waals surface area contributed by atoms with Crippen molar-refractivity contribution in [3.63, 3.8) is 0 Å². The number of nitrogens with zero attached hydrogens (tertiary/aromatic N) is 1. The fourth-order valence-electron chi connectivity index (χ4n) is 2.58. The van der Waals surface area contributed by atoms with Gasteiger partial charge in [0.1, 0.15) is 11.9 Å². The molecule has 1 unspecified atom stereocenters. The van der Waals surface area contributed by atoms with E-state index in [-0.39, 0.29) is 11.9 Å². The number of ether oxygens (including phenoxy) is 1. The summed E-state index contributed by atoms with van der Waals surface area (Å²) < 4.78 is 18.9. The van der Waals surface area contributed by atoms with Crippen molar-refractivity contribution in [2.75, 3.05) is 13.1 Å². The highest BCUT2D eigenvalue weighted by Crippen LogP contribution is 2.31. The number of rotatable bonds is 4. The maximum absolute atomic E-state index is 12.9. The molecule has 2 aromatic rings. The Morgan fingerprint density at radius 3 is 2.70 bits per heavy atom. The molecule has 0 spiro atoms. The third-order valence-electron chi connectivity index (χ3n) is 3.60. The number of nitrogens with one attached hydrogen (secondary N) is 1. The molecule has 1 fully saturated rings. The second-order valence-corrected chi connectivity index (χ2v) is 5.02. The Balaban J connectivity index is 1.83. The van der Waals surface area contributed by atoms with Crippen LogP contribution in [0.25, 0.3) is 0 Å². The van der Waals surface area contributed by atoms with E-state index in [1.54, 1.807) is 6.07 Å². The van der Waals surface area contributed by atoms with Crippen molar-refractivity contribution in [2.24, 2.45) is 5.92 Å². The molecular weight excluding hydrogens is 255 g/mol. The minimum absolute atomic E-state index is 0.0517. The van der Waals surface area contributed by atoms with Gasteiger partial charge >= 0.3 is 0 Å². The van der Waals surface area contributed by atoms with Crippen LogP contribution in [0.5, 0.6) is 5.88 Å². The van der Waals surface area contributed by atoms with Crippen molar-refractivity contribution >= 4 is 0 Å². The van der Waals surface area contributed by atoms with Crippen molar-refractivity contribution in [1.29, 1.82) is 0 Å². The summed E-state index contributed by atoms with van der Waals surface area (Å²) >= 11 is 0. The molecule has 0 bridgehead atoms. The summed E-state index contributed by atoms with van der Waals surface area (Å²) in [6, 6.07) is 13.1. The van der Waals surface area contributed by atoms with Crippen LogP contribution < -0.4 is 10.1 Å². The second-order valence-electron chi connectivity index (χ2n) is 5.02. The van der Waals surface area contributed by atoms with E-state index in [9.17, 15) is 4.39 Å². The summed E-state index contributed by atoms with van der Waals surface area (Å²) in [4.78, 5) is 4.00. The minimum atomic E-state index is -0.351. The van der Waals surface area contributed by atoms with E-state index in [4.69, 9.17) is 4.74 Å². The van der Waals surface area contributed by atoms with Crippen molar-refractivity contribution < 1.29 is 9.13 Å². The molecule has 20 heavy (non-hydrogen) atoms. The van der Waals surface area contributed by atoms with Gasteiger partial charge < -0.3 is 10.1 Å². The lowest BCUT2D eigenvalue weighted by molar-refractivity contribution is 0.138. The predicted molar refractivity (Wildman–Crippen MR) is 75.0 cm³/mol. The van der Waals surface area contributed by atoms with Gasteiger partial charge in [0.15, 0.2) is 0 Å². The smallest absolute Gasteiger partial charge is 0.213 e. The number of benzene rings is 1. The van der Waals surface area contributed by atoms with Crippen LogP contribution in [-0.2, 0) is 0 Å². The Morgan fingerprint density at radius 1 is 1.20 bits per heavy atom. The van der Waals surface area contributed by atoms with Gasteiger partial charge in [-0.15, -0.1) is 0 Å². The van der Waals surface area contributed by atoms with E-state index in [1.807, 2.05) is 18.2 Å². The monoisotopic (exact) mass is 272 g/mol.